The van der Waals surface area contributed by atoms with Crippen molar-refractivity contribution < 1.29 is 0 Å². The number of hydrogen-bond donors (Lipinski definition) is 0. The smallest absolute Gasteiger partial charge is 0.0310 e. The minimum Gasteiger partial charge on any atom is -0.0722 e. The highest BCUT2D eigenvalue weighted by Gasteiger charge is 2.23. The lowest BCUT2D eigenvalue weighted by atomic mass is 9.83. The van der Waals surface area contributed by atoms with Crippen molar-refractivity contribution >= 4 is 8.80 Å². The lowest BCUT2D eigenvalue weighted by Crippen LogP contribution is -2.23. The van der Waals surface area contributed by atoms with E-state index in [0.29, 0.717) is 5.41 Å². The van der Waals surface area contributed by atoms with Crippen LogP contribution in [0.3, 0.4) is 0 Å². The zero-order valence-corrected chi connectivity index (χ0v) is 9.52. The van der Waals surface area contributed by atoms with Crippen LogP contribution < -0.4 is 0 Å². The molecule has 0 aliphatic heterocycles. The van der Waals surface area contributed by atoms with Crippen LogP contribution in [0.2, 0.25) is 19.1 Å². The Morgan fingerprint density at radius 3 is 1.70 bits per heavy atom. The summed E-state index contributed by atoms with van der Waals surface area (Å²) in [5, 5.41) is 0. The molecule has 62 valence electrons. The van der Waals surface area contributed by atoms with Crippen LogP contribution in [0.5, 0.6) is 0 Å². The van der Waals surface area contributed by atoms with Gasteiger partial charge in [-0.25, -0.2) is 0 Å². The van der Waals surface area contributed by atoms with E-state index in [-0.39, 0.29) is 8.80 Å². The van der Waals surface area contributed by atoms with Crippen molar-refractivity contribution in [1.82, 2.24) is 0 Å². The molecule has 0 aromatic heterocycles. The molecule has 10 heavy (non-hydrogen) atoms. The van der Waals surface area contributed by atoms with E-state index >= 15 is 0 Å². The number of rotatable bonds is 3. The Labute approximate surface area is 67.6 Å². The van der Waals surface area contributed by atoms with Gasteiger partial charge in [0.25, 0.3) is 0 Å². The largest absolute Gasteiger partial charge is 0.0722 e. The second-order valence-corrected chi connectivity index (χ2v) is 7.94. The zero-order valence-electron chi connectivity index (χ0n) is 8.36. The van der Waals surface area contributed by atoms with Crippen LogP contribution >= 0.6 is 0 Å². The van der Waals surface area contributed by atoms with E-state index in [0.717, 1.165) is 5.92 Å². The van der Waals surface area contributed by atoms with Crippen molar-refractivity contribution in [3.63, 3.8) is 0 Å². The van der Waals surface area contributed by atoms with Gasteiger partial charge in [0.2, 0.25) is 0 Å². The summed E-state index contributed by atoms with van der Waals surface area (Å²) in [5.41, 5.74) is 0.584. The van der Waals surface area contributed by atoms with Gasteiger partial charge in [-0.1, -0.05) is 46.8 Å². The van der Waals surface area contributed by atoms with Crippen LogP contribution in [-0.2, 0) is 0 Å². The molecule has 0 nitrogen and oxygen atoms in total. The van der Waals surface area contributed by atoms with Crippen molar-refractivity contribution in [2.45, 2.75) is 46.8 Å². The maximum atomic E-state index is 2.43. The quantitative estimate of drug-likeness (QED) is 0.554. The molecule has 0 bridgehead atoms. The summed E-state index contributed by atoms with van der Waals surface area (Å²) in [6.07, 6.45) is 0. The molecule has 0 aromatic rings. The summed E-state index contributed by atoms with van der Waals surface area (Å²) in [6, 6.07) is 1.48. The maximum Gasteiger partial charge on any atom is 0.0310 e. The van der Waals surface area contributed by atoms with Crippen LogP contribution in [-0.4, -0.2) is 8.80 Å². The summed E-state index contributed by atoms with van der Waals surface area (Å²) in [5.74, 6) is 0.836. The van der Waals surface area contributed by atoms with Crippen molar-refractivity contribution in [3.8, 4) is 0 Å². The molecule has 0 N–H and O–H groups in total. The Kier molecular flexibility index (Phi) is 3.64. The second-order valence-electron chi connectivity index (χ2n) is 4.74. The Morgan fingerprint density at radius 2 is 1.60 bits per heavy atom. The molecule has 0 radical (unpaired) electrons. The fourth-order valence-corrected chi connectivity index (χ4v) is 3.86. The molecule has 0 aliphatic carbocycles. The Morgan fingerprint density at radius 1 is 1.20 bits per heavy atom. The summed E-state index contributed by atoms with van der Waals surface area (Å²) in [4.78, 5) is 0. The lowest BCUT2D eigenvalue weighted by molar-refractivity contribution is 0.281. The van der Waals surface area contributed by atoms with Crippen LogP contribution in [0.4, 0.5) is 0 Å². The monoisotopic (exact) mass is 158 g/mol. The molecule has 0 spiro atoms. The van der Waals surface area contributed by atoms with Crippen molar-refractivity contribution in [2.24, 2.45) is 11.3 Å². The molecular formula is C9H22Si. The molecule has 0 saturated carbocycles. The van der Waals surface area contributed by atoms with Gasteiger partial charge in [0.15, 0.2) is 0 Å². The molecule has 0 amide bonds. The zero-order chi connectivity index (χ0) is 8.36. The summed E-state index contributed by atoms with van der Waals surface area (Å²) in [6.45, 7) is 14.3. The van der Waals surface area contributed by atoms with Gasteiger partial charge >= 0.3 is 0 Å². The Balaban J connectivity index is 3.87. The van der Waals surface area contributed by atoms with E-state index in [1.54, 1.807) is 0 Å². The van der Waals surface area contributed by atoms with Crippen LogP contribution in [0.25, 0.3) is 0 Å². The van der Waals surface area contributed by atoms with E-state index in [4.69, 9.17) is 0 Å². The molecule has 0 atom stereocenters. The fourth-order valence-electron chi connectivity index (χ4n) is 1.29. The predicted molar refractivity (Wildman–Crippen MR) is 52.3 cm³/mol. The molecule has 0 fully saturated rings. The summed E-state index contributed by atoms with van der Waals surface area (Å²) < 4.78 is 0. The normalized spacial score (nSPS) is 13.2. The average Bonchev–Trinajstić information content (AvgIpc) is 1.60. The fraction of sp³-hybridized carbons (Fsp3) is 1.00. The first-order valence-electron chi connectivity index (χ1n) is 4.36. The average molecular weight is 158 g/mol. The minimum atomic E-state index is -0.352. The Hall–Kier alpha value is 0.217. The third-order valence-corrected chi connectivity index (χ3v) is 4.37. The molecule has 0 aromatic carbocycles. The molecule has 0 unspecified atom stereocenters. The van der Waals surface area contributed by atoms with Crippen LogP contribution in [0.1, 0.15) is 27.7 Å². The SMILES string of the molecule is CC(C)C(C)(C)C[SiH](C)C. The van der Waals surface area contributed by atoms with Gasteiger partial charge in [-0.05, 0) is 11.3 Å². The highest BCUT2D eigenvalue weighted by atomic mass is 28.3. The molecule has 0 heterocycles. The van der Waals surface area contributed by atoms with Gasteiger partial charge in [0.05, 0.1) is 0 Å². The molecule has 0 aliphatic rings. The molecule has 0 rings (SSSR count). The molecule has 0 saturated heterocycles. The number of hydrogen-bond acceptors (Lipinski definition) is 0. The van der Waals surface area contributed by atoms with Crippen molar-refractivity contribution in [1.29, 1.82) is 0 Å². The van der Waals surface area contributed by atoms with Gasteiger partial charge in [-0.15, -0.1) is 0 Å². The first-order valence-corrected chi connectivity index (χ1v) is 7.49. The Bertz CT molecular complexity index is 92.9. The van der Waals surface area contributed by atoms with Gasteiger partial charge in [-0.3, -0.25) is 0 Å². The minimum absolute atomic E-state index is 0.352. The van der Waals surface area contributed by atoms with E-state index in [2.05, 4.69) is 40.8 Å². The van der Waals surface area contributed by atoms with Gasteiger partial charge in [-0.2, -0.15) is 0 Å². The first kappa shape index (κ1) is 10.2. The maximum absolute atomic E-state index is 2.43. The lowest BCUT2D eigenvalue weighted by Gasteiger charge is -2.30. The van der Waals surface area contributed by atoms with Crippen molar-refractivity contribution in [2.75, 3.05) is 0 Å². The summed E-state index contributed by atoms with van der Waals surface area (Å²) >= 11 is 0. The highest BCUT2D eigenvalue weighted by molar-refractivity contribution is 6.55. The first-order chi connectivity index (χ1) is 4.36. The van der Waals surface area contributed by atoms with E-state index in [1.165, 1.54) is 6.04 Å². The van der Waals surface area contributed by atoms with E-state index in [1.807, 2.05) is 0 Å². The summed E-state index contributed by atoms with van der Waals surface area (Å²) in [7, 11) is -0.352. The van der Waals surface area contributed by atoms with Crippen molar-refractivity contribution in [3.05, 3.63) is 0 Å². The third kappa shape index (κ3) is 3.40. The molecule has 1 heteroatoms. The highest BCUT2D eigenvalue weighted by Crippen LogP contribution is 2.31. The molecular weight excluding hydrogens is 136 g/mol. The third-order valence-electron chi connectivity index (χ3n) is 2.50. The van der Waals surface area contributed by atoms with Crippen LogP contribution in [0, 0.1) is 11.3 Å². The second kappa shape index (κ2) is 3.56. The standard InChI is InChI=1S/C9H22Si/c1-8(2)9(3,4)7-10(5)6/h8,10H,7H2,1-6H3. The van der Waals surface area contributed by atoms with Gasteiger partial charge in [0, 0.05) is 8.80 Å². The topological polar surface area (TPSA) is 0 Å². The van der Waals surface area contributed by atoms with Crippen LogP contribution in [0.15, 0.2) is 0 Å². The van der Waals surface area contributed by atoms with E-state index in [9.17, 15) is 0 Å². The predicted octanol–water partition coefficient (Wildman–Crippen LogP) is 3.16. The van der Waals surface area contributed by atoms with Gasteiger partial charge in [0.1, 0.15) is 0 Å². The van der Waals surface area contributed by atoms with E-state index < -0.39 is 0 Å². The van der Waals surface area contributed by atoms with Gasteiger partial charge < -0.3 is 0 Å².